The van der Waals surface area contributed by atoms with Crippen molar-refractivity contribution in [3.05, 3.63) is 42.5 Å². The summed E-state index contributed by atoms with van der Waals surface area (Å²) in [6.45, 7) is 3.86. The third-order valence-corrected chi connectivity index (χ3v) is 4.39. The van der Waals surface area contributed by atoms with Crippen LogP contribution in [0.3, 0.4) is 0 Å². The number of fused-ring (bicyclic) bond motifs is 2. The Morgan fingerprint density at radius 2 is 1.15 bits per heavy atom. The van der Waals surface area contributed by atoms with Crippen LogP contribution in [0.1, 0.15) is 0 Å². The molecule has 2 N–H and O–H groups in total. The minimum absolute atomic E-state index is 0.923. The average molecular weight is 351 g/mol. The second-order valence-corrected chi connectivity index (χ2v) is 7.26. The quantitative estimate of drug-likeness (QED) is 0.610. The average Bonchev–Trinajstić information content (AvgIpc) is 2.59. The molecule has 2 aromatic carbocycles. The van der Waals surface area contributed by atoms with Gasteiger partial charge in [0.25, 0.3) is 0 Å². The van der Waals surface area contributed by atoms with Crippen LogP contribution in [-0.4, -0.2) is 69.2 Å². The monoisotopic (exact) mass is 351 g/mol. The highest BCUT2D eigenvalue weighted by molar-refractivity contribution is 5.95. The number of anilines is 2. The molecule has 3 aromatic rings. The van der Waals surface area contributed by atoms with Gasteiger partial charge >= 0.3 is 0 Å². The molecule has 0 unspecified atom stereocenters. The number of aromatic nitrogens is 1. The standard InChI is InChI=1S/C21H29N5/c1-25(2)11-9-22-18-7-5-16-13-17-6-8-19(23-10-12-26(3)4)15-21(17)24-20(16)14-18/h5-8,13-15,22-23H,9-12H2,1-4H3. The largest absolute Gasteiger partial charge is 0.384 e. The van der Waals surface area contributed by atoms with E-state index in [0.717, 1.165) is 48.6 Å². The molecule has 0 spiro atoms. The van der Waals surface area contributed by atoms with Crippen molar-refractivity contribution in [2.75, 3.05) is 65.0 Å². The lowest BCUT2D eigenvalue weighted by Gasteiger charge is -2.13. The fraction of sp³-hybridized carbons (Fsp3) is 0.381. The van der Waals surface area contributed by atoms with E-state index in [9.17, 15) is 0 Å². The van der Waals surface area contributed by atoms with Gasteiger partial charge in [0.2, 0.25) is 0 Å². The van der Waals surface area contributed by atoms with Crippen molar-refractivity contribution < 1.29 is 0 Å². The second kappa shape index (κ2) is 8.34. The molecule has 0 saturated carbocycles. The van der Waals surface area contributed by atoms with E-state index in [1.165, 1.54) is 10.8 Å². The molecule has 0 aliphatic heterocycles. The van der Waals surface area contributed by atoms with Crippen LogP contribution in [0.4, 0.5) is 11.4 Å². The number of pyridine rings is 1. The first-order valence-electron chi connectivity index (χ1n) is 9.13. The normalized spacial score (nSPS) is 11.6. The van der Waals surface area contributed by atoms with Crippen LogP contribution < -0.4 is 10.6 Å². The van der Waals surface area contributed by atoms with Crippen molar-refractivity contribution in [3.63, 3.8) is 0 Å². The molecular weight excluding hydrogens is 322 g/mol. The maximum atomic E-state index is 4.88. The molecule has 5 nitrogen and oxygen atoms in total. The molecule has 0 aliphatic carbocycles. The fourth-order valence-corrected chi connectivity index (χ4v) is 2.89. The van der Waals surface area contributed by atoms with Gasteiger partial charge in [-0.2, -0.15) is 0 Å². The molecule has 26 heavy (non-hydrogen) atoms. The molecule has 0 bridgehead atoms. The van der Waals surface area contributed by atoms with Crippen LogP contribution >= 0.6 is 0 Å². The SMILES string of the molecule is CN(C)CCNc1ccc2cc3ccc(NCCN(C)C)cc3nc2c1. The van der Waals surface area contributed by atoms with Crippen LogP contribution in [0.25, 0.3) is 21.8 Å². The van der Waals surface area contributed by atoms with Gasteiger partial charge in [0, 0.05) is 48.3 Å². The van der Waals surface area contributed by atoms with Gasteiger partial charge < -0.3 is 20.4 Å². The van der Waals surface area contributed by atoms with Crippen LogP contribution in [0.2, 0.25) is 0 Å². The molecule has 1 heterocycles. The fourth-order valence-electron chi connectivity index (χ4n) is 2.89. The number of hydrogen-bond donors (Lipinski definition) is 2. The molecular formula is C21H29N5. The summed E-state index contributed by atoms with van der Waals surface area (Å²) in [6, 6.07) is 15.0. The second-order valence-electron chi connectivity index (χ2n) is 7.26. The minimum Gasteiger partial charge on any atom is -0.384 e. The minimum atomic E-state index is 0.923. The molecule has 1 aromatic heterocycles. The number of nitrogens with one attached hydrogen (secondary N) is 2. The zero-order valence-electron chi connectivity index (χ0n) is 16.2. The van der Waals surface area contributed by atoms with Gasteiger partial charge in [0.15, 0.2) is 0 Å². The van der Waals surface area contributed by atoms with Crippen molar-refractivity contribution in [3.8, 4) is 0 Å². The van der Waals surface area contributed by atoms with Crippen molar-refractivity contribution in [2.24, 2.45) is 0 Å². The maximum absolute atomic E-state index is 4.88. The summed E-state index contributed by atoms with van der Waals surface area (Å²) in [6.07, 6.45) is 0. The Balaban J connectivity index is 1.80. The molecule has 3 rings (SSSR count). The molecule has 0 saturated heterocycles. The summed E-state index contributed by atoms with van der Waals surface area (Å²) < 4.78 is 0. The molecule has 0 amide bonds. The van der Waals surface area contributed by atoms with E-state index in [1.807, 2.05) is 0 Å². The lowest BCUT2D eigenvalue weighted by atomic mass is 10.1. The van der Waals surface area contributed by atoms with E-state index in [4.69, 9.17) is 4.98 Å². The molecule has 5 heteroatoms. The van der Waals surface area contributed by atoms with E-state index >= 15 is 0 Å². The van der Waals surface area contributed by atoms with E-state index in [1.54, 1.807) is 0 Å². The van der Waals surface area contributed by atoms with Gasteiger partial charge in [-0.15, -0.1) is 0 Å². The molecule has 0 radical (unpaired) electrons. The maximum Gasteiger partial charge on any atom is 0.0730 e. The van der Waals surface area contributed by atoms with E-state index < -0.39 is 0 Å². The van der Waals surface area contributed by atoms with Crippen molar-refractivity contribution >= 4 is 33.2 Å². The van der Waals surface area contributed by atoms with Gasteiger partial charge in [0.1, 0.15) is 0 Å². The van der Waals surface area contributed by atoms with Gasteiger partial charge in [-0.05, 0) is 58.5 Å². The lowest BCUT2D eigenvalue weighted by molar-refractivity contribution is 0.425. The predicted molar refractivity (Wildman–Crippen MR) is 113 cm³/mol. The summed E-state index contributed by atoms with van der Waals surface area (Å²) >= 11 is 0. The highest BCUT2D eigenvalue weighted by Crippen LogP contribution is 2.24. The topological polar surface area (TPSA) is 43.4 Å². The Hall–Kier alpha value is -2.37. The van der Waals surface area contributed by atoms with E-state index in [2.05, 4.69) is 91.1 Å². The van der Waals surface area contributed by atoms with Crippen LogP contribution in [0, 0.1) is 0 Å². The van der Waals surface area contributed by atoms with E-state index in [0.29, 0.717) is 0 Å². The molecule has 0 aliphatic rings. The Kier molecular flexibility index (Phi) is 5.91. The Morgan fingerprint density at radius 3 is 1.58 bits per heavy atom. The van der Waals surface area contributed by atoms with Gasteiger partial charge in [-0.1, -0.05) is 12.1 Å². The molecule has 0 fully saturated rings. The Labute approximate surface area is 156 Å². The first kappa shape index (κ1) is 18.4. The first-order valence-corrected chi connectivity index (χ1v) is 9.13. The summed E-state index contributed by atoms with van der Waals surface area (Å²) in [4.78, 5) is 9.23. The predicted octanol–water partition coefficient (Wildman–Crippen LogP) is 3.34. The van der Waals surface area contributed by atoms with Gasteiger partial charge in [-0.25, -0.2) is 4.98 Å². The van der Waals surface area contributed by atoms with Crippen LogP contribution in [0.5, 0.6) is 0 Å². The third kappa shape index (κ3) is 4.84. The summed E-state index contributed by atoms with van der Waals surface area (Å²) in [7, 11) is 8.33. The lowest BCUT2D eigenvalue weighted by Crippen LogP contribution is -2.20. The van der Waals surface area contributed by atoms with Crippen LogP contribution in [-0.2, 0) is 0 Å². The Morgan fingerprint density at radius 1 is 0.692 bits per heavy atom. The Bertz CT molecular complexity index is 804. The number of likely N-dealkylation sites (N-methyl/N-ethyl adjacent to an activating group) is 2. The number of nitrogens with zero attached hydrogens (tertiary/aromatic N) is 3. The zero-order valence-corrected chi connectivity index (χ0v) is 16.2. The van der Waals surface area contributed by atoms with Crippen LogP contribution in [0.15, 0.2) is 42.5 Å². The number of rotatable bonds is 8. The van der Waals surface area contributed by atoms with Crippen molar-refractivity contribution in [1.29, 1.82) is 0 Å². The molecule has 0 atom stereocenters. The summed E-state index contributed by atoms with van der Waals surface area (Å²) in [5.41, 5.74) is 4.29. The van der Waals surface area contributed by atoms with Crippen molar-refractivity contribution in [2.45, 2.75) is 0 Å². The van der Waals surface area contributed by atoms with E-state index in [-0.39, 0.29) is 0 Å². The van der Waals surface area contributed by atoms with Gasteiger partial charge in [0.05, 0.1) is 11.0 Å². The number of benzene rings is 2. The zero-order chi connectivity index (χ0) is 18.5. The van der Waals surface area contributed by atoms with Gasteiger partial charge in [-0.3, -0.25) is 0 Å². The summed E-state index contributed by atoms with van der Waals surface area (Å²) in [5, 5.41) is 9.28. The van der Waals surface area contributed by atoms with Crippen molar-refractivity contribution in [1.82, 2.24) is 14.8 Å². The molecule has 138 valence electrons. The highest BCUT2D eigenvalue weighted by atomic mass is 15.1. The first-order chi connectivity index (χ1) is 12.5. The summed E-state index contributed by atoms with van der Waals surface area (Å²) in [5.74, 6) is 0. The highest BCUT2D eigenvalue weighted by Gasteiger charge is 2.03. The number of hydrogen-bond acceptors (Lipinski definition) is 5. The smallest absolute Gasteiger partial charge is 0.0730 e. The third-order valence-electron chi connectivity index (χ3n) is 4.39.